The van der Waals surface area contributed by atoms with Crippen molar-refractivity contribution in [2.45, 2.75) is 0 Å². The summed E-state index contributed by atoms with van der Waals surface area (Å²) in [5.41, 5.74) is 3.69. The molecule has 0 N–H and O–H groups in total. The zero-order chi connectivity index (χ0) is 28.1. The molecule has 0 unspecified atom stereocenters. The van der Waals surface area contributed by atoms with Crippen LogP contribution in [0.1, 0.15) is 0 Å². The van der Waals surface area contributed by atoms with E-state index in [2.05, 4.69) is 156 Å². The highest BCUT2D eigenvalue weighted by atomic mass is 15.0. The molecule has 10 aromatic rings. The predicted octanol–water partition coefficient (Wildman–Crippen LogP) is 11.7. The molecule has 10 rings (SSSR count). The molecular formula is C42H25N. The van der Waals surface area contributed by atoms with Crippen LogP contribution in [0.15, 0.2) is 152 Å². The standard InChI is InChI=1S/C42H25N/c1-2-12-28-26(11-1)21-24-39-40(28)41-36-19-9-7-16-32(36)33-17-8-10-20-37(33)42(41)43(39)27-22-23-35-31-15-4-3-13-29(31)30-14-5-6-18-34(30)38(35)25-27/h1-25H. The molecule has 198 valence electrons. The Balaban J connectivity index is 1.47. The minimum Gasteiger partial charge on any atom is -0.309 e. The van der Waals surface area contributed by atoms with Crippen LogP contribution in [0.3, 0.4) is 0 Å². The van der Waals surface area contributed by atoms with E-state index in [1.54, 1.807) is 0 Å². The Morgan fingerprint density at radius 2 is 0.767 bits per heavy atom. The van der Waals surface area contributed by atoms with Crippen molar-refractivity contribution in [1.29, 1.82) is 0 Å². The highest BCUT2D eigenvalue weighted by Gasteiger charge is 2.21. The summed E-state index contributed by atoms with van der Waals surface area (Å²) in [5.74, 6) is 0. The van der Waals surface area contributed by atoms with E-state index >= 15 is 0 Å². The fourth-order valence-electron chi connectivity index (χ4n) is 7.74. The average Bonchev–Trinajstić information content (AvgIpc) is 3.45. The molecule has 0 aliphatic carbocycles. The Hall–Kier alpha value is -5.66. The van der Waals surface area contributed by atoms with Gasteiger partial charge in [-0.1, -0.05) is 133 Å². The molecule has 0 saturated heterocycles. The first-order chi connectivity index (χ1) is 21.4. The van der Waals surface area contributed by atoms with Gasteiger partial charge in [-0.15, -0.1) is 0 Å². The Morgan fingerprint density at radius 3 is 1.42 bits per heavy atom. The molecule has 0 amide bonds. The summed E-state index contributed by atoms with van der Waals surface area (Å²) in [6.45, 7) is 0. The number of nitrogens with zero attached hydrogens (tertiary/aromatic N) is 1. The normalized spacial score (nSPS) is 12.2. The van der Waals surface area contributed by atoms with Gasteiger partial charge in [0, 0.05) is 21.8 Å². The summed E-state index contributed by atoms with van der Waals surface area (Å²) >= 11 is 0. The van der Waals surface area contributed by atoms with E-state index in [0.717, 1.165) is 0 Å². The first-order valence-electron chi connectivity index (χ1n) is 15.0. The molecule has 0 radical (unpaired) electrons. The van der Waals surface area contributed by atoms with Gasteiger partial charge in [-0.25, -0.2) is 0 Å². The number of benzene rings is 9. The van der Waals surface area contributed by atoms with Crippen LogP contribution in [0.25, 0.3) is 92.1 Å². The second-order valence-electron chi connectivity index (χ2n) is 11.7. The smallest absolute Gasteiger partial charge is 0.0626 e. The van der Waals surface area contributed by atoms with Crippen molar-refractivity contribution in [3.63, 3.8) is 0 Å². The van der Waals surface area contributed by atoms with Crippen LogP contribution in [0.5, 0.6) is 0 Å². The Labute approximate surface area is 247 Å². The van der Waals surface area contributed by atoms with Gasteiger partial charge in [0.05, 0.1) is 11.0 Å². The lowest BCUT2D eigenvalue weighted by atomic mass is 9.94. The first-order valence-corrected chi connectivity index (χ1v) is 15.0. The number of fused-ring (bicyclic) bond motifs is 16. The Kier molecular flexibility index (Phi) is 4.51. The third kappa shape index (κ3) is 3.01. The maximum absolute atomic E-state index is 2.52. The summed E-state index contributed by atoms with van der Waals surface area (Å²) < 4.78 is 2.52. The molecule has 1 nitrogen and oxygen atoms in total. The van der Waals surface area contributed by atoms with Crippen molar-refractivity contribution >= 4 is 86.4 Å². The van der Waals surface area contributed by atoms with Crippen LogP contribution >= 0.6 is 0 Å². The predicted molar refractivity (Wildman–Crippen MR) is 186 cm³/mol. The molecule has 9 aromatic carbocycles. The van der Waals surface area contributed by atoms with Gasteiger partial charge in [-0.05, 0) is 77.4 Å². The summed E-state index contributed by atoms with van der Waals surface area (Å²) in [6, 6.07) is 56.0. The first kappa shape index (κ1) is 23.0. The lowest BCUT2D eigenvalue weighted by molar-refractivity contribution is 1.19. The van der Waals surface area contributed by atoms with E-state index < -0.39 is 0 Å². The minimum atomic E-state index is 1.18. The van der Waals surface area contributed by atoms with Crippen LogP contribution in [0.2, 0.25) is 0 Å². The fraction of sp³-hybridized carbons (Fsp3) is 0. The SMILES string of the molecule is c1ccc2c(c1)ccc1c2c2c3ccccc3c3ccccc3c2n1-c1ccc2c3ccccc3c3ccccc3c2c1. The largest absolute Gasteiger partial charge is 0.309 e. The second-order valence-corrected chi connectivity index (χ2v) is 11.7. The van der Waals surface area contributed by atoms with Gasteiger partial charge in [0.1, 0.15) is 0 Å². The van der Waals surface area contributed by atoms with E-state index in [0.29, 0.717) is 0 Å². The maximum Gasteiger partial charge on any atom is 0.0626 e. The fourth-order valence-corrected chi connectivity index (χ4v) is 7.74. The lowest BCUT2D eigenvalue weighted by Gasteiger charge is -2.15. The zero-order valence-corrected chi connectivity index (χ0v) is 23.4. The van der Waals surface area contributed by atoms with Crippen LogP contribution in [-0.2, 0) is 0 Å². The van der Waals surface area contributed by atoms with Gasteiger partial charge < -0.3 is 4.57 Å². The lowest BCUT2D eigenvalue weighted by Crippen LogP contribution is -1.95. The van der Waals surface area contributed by atoms with Crippen LogP contribution in [0.4, 0.5) is 0 Å². The zero-order valence-electron chi connectivity index (χ0n) is 23.4. The van der Waals surface area contributed by atoms with Crippen molar-refractivity contribution in [1.82, 2.24) is 4.57 Å². The van der Waals surface area contributed by atoms with Gasteiger partial charge in [0.15, 0.2) is 0 Å². The summed E-state index contributed by atoms with van der Waals surface area (Å²) in [7, 11) is 0. The van der Waals surface area contributed by atoms with Gasteiger partial charge in [-0.3, -0.25) is 0 Å². The van der Waals surface area contributed by atoms with E-state index in [1.165, 1.54) is 92.1 Å². The summed E-state index contributed by atoms with van der Waals surface area (Å²) in [6.07, 6.45) is 0. The van der Waals surface area contributed by atoms with Crippen LogP contribution in [-0.4, -0.2) is 4.57 Å². The molecule has 0 aliphatic heterocycles. The molecule has 0 aliphatic rings. The van der Waals surface area contributed by atoms with Crippen molar-refractivity contribution in [3.05, 3.63) is 152 Å². The van der Waals surface area contributed by atoms with E-state index in [9.17, 15) is 0 Å². The molecule has 0 spiro atoms. The Morgan fingerprint density at radius 1 is 0.302 bits per heavy atom. The Bertz CT molecular complexity index is 2740. The highest BCUT2D eigenvalue weighted by molar-refractivity contribution is 6.36. The quantitative estimate of drug-likeness (QED) is 0.181. The van der Waals surface area contributed by atoms with E-state index in [4.69, 9.17) is 0 Å². The molecule has 0 saturated carbocycles. The number of rotatable bonds is 1. The summed E-state index contributed by atoms with van der Waals surface area (Å²) in [5, 5.41) is 18.1. The molecule has 0 bridgehead atoms. The maximum atomic E-state index is 2.52. The summed E-state index contributed by atoms with van der Waals surface area (Å²) in [4.78, 5) is 0. The number of hydrogen-bond acceptors (Lipinski definition) is 0. The third-order valence-corrected chi connectivity index (χ3v) is 9.51. The third-order valence-electron chi connectivity index (χ3n) is 9.51. The average molecular weight is 544 g/mol. The molecule has 1 heterocycles. The van der Waals surface area contributed by atoms with Crippen LogP contribution < -0.4 is 0 Å². The second kappa shape index (κ2) is 8.44. The number of aromatic nitrogens is 1. The van der Waals surface area contributed by atoms with Gasteiger partial charge in [0.25, 0.3) is 0 Å². The molecule has 43 heavy (non-hydrogen) atoms. The number of hydrogen-bond donors (Lipinski definition) is 0. The van der Waals surface area contributed by atoms with Crippen molar-refractivity contribution < 1.29 is 0 Å². The van der Waals surface area contributed by atoms with Gasteiger partial charge >= 0.3 is 0 Å². The highest BCUT2D eigenvalue weighted by Crippen LogP contribution is 2.45. The topological polar surface area (TPSA) is 4.93 Å². The minimum absolute atomic E-state index is 1.18. The van der Waals surface area contributed by atoms with E-state index in [-0.39, 0.29) is 0 Å². The molecule has 1 aromatic heterocycles. The van der Waals surface area contributed by atoms with E-state index in [1.807, 2.05) is 0 Å². The molecular weight excluding hydrogens is 518 g/mol. The molecule has 0 atom stereocenters. The van der Waals surface area contributed by atoms with Crippen molar-refractivity contribution in [2.75, 3.05) is 0 Å². The van der Waals surface area contributed by atoms with Crippen molar-refractivity contribution in [2.24, 2.45) is 0 Å². The van der Waals surface area contributed by atoms with Crippen molar-refractivity contribution in [3.8, 4) is 5.69 Å². The molecule has 0 fully saturated rings. The van der Waals surface area contributed by atoms with Crippen LogP contribution in [0, 0.1) is 0 Å². The van der Waals surface area contributed by atoms with Gasteiger partial charge in [0.2, 0.25) is 0 Å². The van der Waals surface area contributed by atoms with Gasteiger partial charge in [-0.2, -0.15) is 0 Å². The monoisotopic (exact) mass is 543 g/mol. The molecule has 1 heteroatoms.